The summed E-state index contributed by atoms with van der Waals surface area (Å²) in [6.45, 7) is 5.53. The van der Waals surface area contributed by atoms with Gasteiger partial charge in [-0.15, -0.1) is 11.3 Å². The SMILES string of the molecule is CCCC(CCC)NCc1ccc(Br)s1. The van der Waals surface area contributed by atoms with Crippen LogP contribution in [0.2, 0.25) is 0 Å². The lowest BCUT2D eigenvalue weighted by Crippen LogP contribution is -2.27. The van der Waals surface area contributed by atoms with Crippen molar-refractivity contribution in [1.29, 1.82) is 0 Å². The highest BCUT2D eigenvalue weighted by atomic mass is 79.9. The van der Waals surface area contributed by atoms with E-state index in [-0.39, 0.29) is 0 Å². The third kappa shape index (κ3) is 5.14. The Morgan fingerprint density at radius 1 is 1.27 bits per heavy atom. The van der Waals surface area contributed by atoms with Crippen LogP contribution in [-0.4, -0.2) is 6.04 Å². The number of hydrogen-bond acceptors (Lipinski definition) is 2. The number of rotatable bonds is 7. The van der Waals surface area contributed by atoms with Crippen LogP contribution >= 0.6 is 27.3 Å². The summed E-state index contributed by atoms with van der Waals surface area (Å²) >= 11 is 5.31. The summed E-state index contributed by atoms with van der Waals surface area (Å²) in [5.74, 6) is 0. The van der Waals surface area contributed by atoms with Gasteiger partial charge in [0.2, 0.25) is 0 Å². The second-order valence-electron chi connectivity index (χ2n) is 3.86. The average Bonchev–Trinajstić information content (AvgIpc) is 2.61. The summed E-state index contributed by atoms with van der Waals surface area (Å²) in [4.78, 5) is 1.42. The first-order valence-corrected chi connectivity index (χ1v) is 7.34. The maximum atomic E-state index is 3.64. The molecular formula is C12H20BrNS. The van der Waals surface area contributed by atoms with Crippen molar-refractivity contribution in [3.05, 3.63) is 20.8 Å². The Bertz CT molecular complexity index is 266. The van der Waals surface area contributed by atoms with Gasteiger partial charge in [0.15, 0.2) is 0 Å². The van der Waals surface area contributed by atoms with Gasteiger partial charge in [0.05, 0.1) is 3.79 Å². The number of hydrogen-bond donors (Lipinski definition) is 1. The lowest BCUT2D eigenvalue weighted by atomic mass is 10.1. The minimum atomic E-state index is 0.695. The molecule has 0 amide bonds. The van der Waals surface area contributed by atoms with Crippen molar-refractivity contribution in [2.24, 2.45) is 0 Å². The van der Waals surface area contributed by atoms with Crippen molar-refractivity contribution in [3.8, 4) is 0 Å². The van der Waals surface area contributed by atoms with Crippen molar-refractivity contribution in [3.63, 3.8) is 0 Å². The van der Waals surface area contributed by atoms with Crippen molar-refractivity contribution in [1.82, 2.24) is 5.32 Å². The topological polar surface area (TPSA) is 12.0 Å². The molecule has 3 heteroatoms. The second kappa shape index (κ2) is 7.42. The summed E-state index contributed by atoms with van der Waals surface area (Å²) in [7, 11) is 0. The van der Waals surface area contributed by atoms with Gasteiger partial charge in [-0.05, 0) is 40.9 Å². The molecule has 1 heterocycles. The summed E-state index contributed by atoms with van der Waals surface area (Å²) in [5.41, 5.74) is 0. The largest absolute Gasteiger partial charge is 0.309 e. The van der Waals surface area contributed by atoms with Crippen molar-refractivity contribution < 1.29 is 0 Å². The summed E-state index contributed by atoms with van der Waals surface area (Å²) in [6, 6.07) is 5.01. The maximum Gasteiger partial charge on any atom is 0.0701 e. The molecule has 0 unspecified atom stereocenters. The van der Waals surface area contributed by atoms with E-state index in [0.717, 1.165) is 6.54 Å². The highest BCUT2D eigenvalue weighted by molar-refractivity contribution is 9.11. The van der Waals surface area contributed by atoms with Crippen LogP contribution in [0, 0.1) is 0 Å². The van der Waals surface area contributed by atoms with Crippen LogP contribution in [0.15, 0.2) is 15.9 Å². The fourth-order valence-corrected chi connectivity index (χ4v) is 3.17. The first-order valence-electron chi connectivity index (χ1n) is 5.73. The first-order chi connectivity index (χ1) is 7.26. The minimum Gasteiger partial charge on any atom is -0.309 e. The number of halogens is 1. The molecule has 1 aromatic rings. The zero-order valence-corrected chi connectivity index (χ0v) is 12.0. The fourth-order valence-electron chi connectivity index (χ4n) is 1.74. The number of nitrogens with one attached hydrogen (secondary N) is 1. The van der Waals surface area contributed by atoms with E-state index in [4.69, 9.17) is 0 Å². The van der Waals surface area contributed by atoms with E-state index in [1.54, 1.807) is 0 Å². The van der Waals surface area contributed by atoms with E-state index >= 15 is 0 Å². The molecule has 0 aliphatic heterocycles. The monoisotopic (exact) mass is 289 g/mol. The van der Waals surface area contributed by atoms with Gasteiger partial charge in [-0.25, -0.2) is 0 Å². The average molecular weight is 290 g/mol. The van der Waals surface area contributed by atoms with Gasteiger partial charge in [-0.3, -0.25) is 0 Å². The van der Waals surface area contributed by atoms with Crippen LogP contribution in [0.1, 0.15) is 44.4 Å². The summed E-state index contributed by atoms with van der Waals surface area (Å²) < 4.78 is 1.22. The highest BCUT2D eigenvalue weighted by Gasteiger charge is 2.06. The molecule has 0 fully saturated rings. The first kappa shape index (κ1) is 13.2. The zero-order chi connectivity index (χ0) is 11.1. The lowest BCUT2D eigenvalue weighted by Gasteiger charge is -2.16. The normalized spacial score (nSPS) is 11.2. The minimum absolute atomic E-state index is 0.695. The smallest absolute Gasteiger partial charge is 0.0701 e. The second-order valence-corrected chi connectivity index (χ2v) is 6.41. The van der Waals surface area contributed by atoms with Gasteiger partial charge in [-0.1, -0.05) is 26.7 Å². The Labute approximate surface area is 105 Å². The molecule has 1 aromatic heterocycles. The quantitative estimate of drug-likeness (QED) is 0.775. The molecule has 0 spiro atoms. The molecule has 0 atom stereocenters. The molecule has 0 radical (unpaired) electrons. The van der Waals surface area contributed by atoms with Gasteiger partial charge in [0.25, 0.3) is 0 Å². The van der Waals surface area contributed by atoms with Crippen LogP contribution in [-0.2, 0) is 6.54 Å². The molecule has 0 aliphatic carbocycles. The third-order valence-corrected chi connectivity index (χ3v) is 4.09. The van der Waals surface area contributed by atoms with Gasteiger partial charge >= 0.3 is 0 Å². The molecule has 86 valence electrons. The van der Waals surface area contributed by atoms with Gasteiger partial charge in [-0.2, -0.15) is 0 Å². The van der Waals surface area contributed by atoms with E-state index in [1.807, 2.05) is 11.3 Å². The van der Waals surface area contributed by atoms with E-state index in [9.17, 15) is 0 Å². The van der Waals surface area contributed by atoms with Gasteiger partial charge in [0.1, 0.15) is 0 Å². The van der Waals surface area contributed by atoms with Crippen LogP contribution in [0.3, 0.4) is 0 Å². The predicted molar refractivity (Wildman–Crippen MR) is 72.5 cm³/mol. The van der Waals surface area contributed by atoms with E-state index in [0.29, 0.717) is 6.04 Å². The van der Waals surface area contributed by atoms with Gasteiger partial charge < -0.3 is 5.32 Å². The van der Waals surface area contributed by atoms with E-state index in [2.05, 4.69) is 47.2 Å². The van der Waals surface area contributed by atoms with Gasteiger partial charge in [0, 0.05) is 17.5 Å². The Morgan fingerprint density at radius 3 is 2.40 bits per heavy atom. The molecule has 0 bridgehead atoms. The van der Waals surface area contributed by atoms with Crippen molar-refractivity contribution in [2.75, 3.05) is 0 Å². The standard InChI is InChI=1S/C12H20BrNS/c1-3-5-10(6-4-2)14-9-11-7-8-12(13)15-11/h7-8,10,14H,3-6,9H2,1-2H3. The Morgan fingerprint density at radius 2 is 1.93 bits per heavy atom. The summed E-state index contributed by atoms with van der Waals surface area (Å²) in [5, 5.41) is 3.64. The Hall–Kier alpha value is 0.140. The molecule has 0 aliphatic rings. The molecular weight excluding hydrogens is 270 g/mol. The Balaban J connectivity index is 2.32. The lowest BCUT2D eigenvalue weighted by molar-refractivity contribution is 0.445. The molecule has 0 aromatic carbocycles. The van der Waals surface area contributed by atoms with Crippen molar-refractivity contribution >= 4 is 27.3 Å². The molecule has 0 saturated carbocycles. The molecule has 1 N–H and O–H groups in total. The van der Waals surface area contributed by atoms with E-state index < -0.39 is 0 Å². The number of thiophene rings is 1. The van der Waals surface area contributed by atoms with Crippen LogP contribution in [0.25, 0.3) is 0 Å². The molecule has 15 heavy (non-hydrogen) atoms. The fraction of sp³-hybridized carbons (Fsp3) is 0.667. The van der Waals surface area contributed by atoms with Crippen molar-refractivity contribution in [2.45, 2.75) is 52.1 Å². The molecule has 0 saturated heterocycles. The predicted octanol–water partition coefficient (Wildman–Crippen LogP) is 4.57. The molecule has 1 rings (SSSR count). The van der Waals surface area contributed by atoms with E-state index in [1.165, 1.54) is 34.3 Å². The zero-order valence-electron chi connectivity index (χ0n) is 9.55. The van der Waals surface area contributed by atoms with Crippen LogP contribution in [0.4, 0.5) is 0 Å². The Kier molecular flexibility index (Phi) is 6.53. The van der Waals surface area contributed by atoms with Crippen LogP contribution < -0.4 is 5.32 Å². The molecule has 1 nitrogen and oxygen atoms in total. The third-order valence-electron chi connectivity index (χ3n) is 2.47. The summed E-state index contributed by atoms with van der Waals surface area (Å²) in [6.07, 6.45) is 5.12. The maximum absolute atomic E-state index is 3.64. The highest BCUT2D eigenvalue weighted by Crippen LogP contribution is 2.22. The van der Waals surface area contributed by atoms with Crippen LogP contribution in [0.5, 0.6) is 0 Å².